The lowest BCUT2D eigenvalue weighted by molar-refractivity contribution is -0.136. The van der Waals surface area contributed by atoms with Crippen LogP contribution in [-0.4, -0.2) is 39.7 Å². The second-order valence-corrected chi connectivity index (χ2v) is 11.2. The van der Waals surface area contributed by atoms with Gasteiger partial charge < -0.3 is 15.5 Å². The highest BCUT2D eigenvalue weighted by atomic mass is 35.5. The molecule has 2 aliphatic heterocycles. The number of halogens is 3. The van der Waals surface area contributed by atoms with E-state index in [1.807, 2.05) is 0 Å². The lowest BCUT2D eigenvalue weighted by atomic mass is 10.0. The standard InChI is InChI=1S/C24H20Cl2FN5O4S/c1-24(2,22-30-19-13(26)7-10(25)8-16(19)37-22)31-23(36)28-14-4-3-11-12(18(14)27)9-32(21(11)35)15-5-6-17(33)29-20(15)34/h3-4,7-8,15H,5-6,9H2,1-2H3,(H2,28,31,36)(H,29,33,34). The van der Waals surface area contributed by atoms with Crippen LogP contribution in [0.3, 0.4) is 0 Å². The Morgan fingerprint density at radius 1 is 1.24 bits per heavy atom. The first kappa shape index (κ1) is 25.4. The summed E-state index contributed by atoms with van der Waals surface area (Å²) < 4.78 is 16.1. The van der Waals surface area contributed by atoms with Gasteiger partial charge in [-0.05, 0) is 44.5 Å². The number of carbonyl (C=O) groups excluding carboxylic acids is 4. The van der Waals surface area contributed by atoms with Crippen molar-refractivity contribution in [1.29, 1.82) is 0 Å². The van der Waals surface area contributed by atoms with Crippen LogP contribution in [0.25, 0.3) is 10.2 Å². The van der Waals surface area contributed by atoms with Crippen LogP contribution in [0, 0.1) is 5.82 Å². The number of fused-ring (bicyclic) bond motifs is 2. The quantitative estimate of drug-likeness (QED) is 0.402. The van der Waals surface area contributed by atoms with Gasteiger partial charge in [-0.2, -0.15) is 0 Å². The largest absolute Gasteiger partial charge is 0.326 e. The van der Waals surface area contributed by atoms with Gasteiger partial charge >= 0.3 is 6.03 Å². The monoisotopic (exact) mass is 563 g/mol. The zero-order chi connectivity index (χ0) is 26.6. The van der Waals surface area contributed by atoms with Gasteiger partial charge in [-0.25, -0.2) is 14.2 Å². The highest BCUT2D eigenvalue weighted by Gasteiger charge is 2.40. The van der Waals surface area contributed by atoms with Crippen molar-refractivity contribution in [1.82, 2.24) is 20.5 Å². The highest BCUT2D eigenvalue weighted by Crippen LogP contribution is 2.36. The van der Waals surface area contributed by atoms with E-state index in [0.717, 1.165) is 4.70 Å². The molecule has 2 aromatic carbocycles. The predicted octanol–water partition coefficient (Wildman–Crippen LogP) is 4.56. The number of nitrogens with zero attached hydrogens (tertiary/aromatic N) is 2. The Morgan fingerprint density at radius 3 is 2.73 bits per heavy atom. The van der Waals surface area contributed by atoms with Crippen LogP contribution in [0.4, 0.5) is 14.9 Å². The predicted molar refractivity (Wildman–Crippen MR) is 137 cm³/mol. The van der Waals surface area contributed by atoms with Crippen molar-refractivity contribution in [3.8, 4) is 0 Å². The fourth-order valence-corrected chi connectivity index (χ4v) is 6.16. The lowest BCUT2D eigenvalue weighted by Gasteiger charge is -2.29. The molecule has 1 atom stereocenters. The summed E-state index contributed by atoms with van der Waals surface area (Å²) in [6, 6.07) is 4.48. The van der Waals surface area contributed by atoms with Gasteiger partial charge in [0.1, 0.15) is 16.6 Å². The molecule has 37 heavy (non-hydrogen) atoms. The van der Waals surface area contributed by atoms with E-state index in [9.17, 15) is 19.2 Å². The fourth-order valence-electron chi connectivity index (χ4n) is 4.42. The molecule has 9 nitrogen and oxygen atoms in total. The van der Waals surface area contributed by atoms with Gasteiger partial charge in [0.25, 0.3) is 5.91 Å². The van der Waals surface area contributed by atoms with E-state index in [4.69, 9.17) is 23.2 Å². The average Bonchev–Trinajstić information content (AvgIpc) is 3.38. The third-order valence-electron chi connectivity index (χ3n) is 6.27. The maximum Gasteiger partial charge on any atom is 0.320 e. The molecule has 3 aromatic rings. The second-order valence-electron chi connectivity index (χ2n) is 9.31. The summed E-state index contributed by atoms with van der Waals surface area (Å²) in [6.45, 7) is 3.34. The molecule has 1 fully saturated rings. The Hall–Kier alpha value is -3.28. The van der Waals surface area contributed by atoms with Gasteiger partial charge in [0.05, 0.1) is 27.5 Å². The maximum absolute atomic E-state index is 15.4. The minimum Gasteiger partial charge on any atom is -0.326 e. The maximum atomic E-state index is 15.4. The van der Waals surface area contributed by atoms with E-state index in [0.29, 0.717) is 20.6 Å². The second kappa shape index (κ2) is 9.23. The summed E-state index contributed by atoms with van der Waals surface area (Å²) in [6.07, 6.45) is 0.257. The zero-order valence-electron chi connectivity index (χ0n) is 19.6. The number of hydrogen-bond donors (Lipinski definition) is 3. The Morgan fingerprint density at radius 2 is 2.00 bits per heavy atom. The molecular weight excluding hydrogens is 544 g/mol. The zero-order valence-corrected chi connectivity index (χ0v) is 21.9. The summed E-state index contributed by atoms with van der Waals surface area (Å²) in [5.74, 6) is -2.27. The molecule has 0 saturated carbocycles. The van der Waals surface area contributed by atoms with Gasteiger partial charge in [0.2, 0.25) is 11.8 Å². The minimum absolute atomic E-state index is 0.0736. The summed E-state index contributed by atoms with van der Waals surface area (Å²) in [5, 5.41) is 8.92. The third kappa shape index (κ3) is 4.62. The molecule has 3 N–H and O–H groups in total. The number of rotatable bonds is 4. The minimum atomic E-state index is -0.935. The van der Waals surface area contributed by atoms with Crippen molar-refractivity contribution in [3.63, 3.8) is 0 Å². The van der Waals surface area contributed by atoms with E-state index in [1.54, 1.807) is 26.0 Å². The Bertz CT molecular complexity index is 1510. The summed E-state index contributed by atoms with van der Waals surface area (Å²) >= 11 is 13.6. The van der Waals surface area contributed by atoms with Gasteiger partial charge in [-0.3, -0.25) is 19.7 Å². The molecule has 192 valence electrons. The van der Waals surface area contributed by atoms with Crippen LogP contribution in [0.2, 0.25) is 10.0 Å². The molecule has 2 aliphatic rings. The molecule has 0 aliphatic carbocycles. The first-order valence-electron chi connectivity index (χ1n) is 11.3. The smallest absolute Gasteiger partial charge is 0.320 e. The molecule has 0 spiro atoms. The number of nitrogens with one attached hydrogen (secondary N) is 3. The van der Waals surface area contributed by atoms with Gasteiger partial charge in [0.15, 0.2) is 5.82 Å². The number of hydrogen-bond acceptors (Lipinski definition) is 6. The number of anilines is 1. The molecule has 5 amide bonds. The van der Waals surface area contributed by atoms with Crippen molar-refractivity contribution >= 4 is 74.2 Å². The molecule has 0 radical (unpaired) electrons. The van der Waals surface area contributed by atoms with Gasteiger partial charge in [0, 0.05) is 22.6 Å². The third-order valence-corrected chi connectivity index (χ3v) is 8.10. The highest BCUT2D eigenvalue weighted by molar-refractivity contribution is 7.18. The number of aromatic nitrogens is 1. The van der Waals surface area contributed by atoms with Crippen LogP contribution in [0.1, 0.15) is 47.6 Å². The first-order chi connectivity index (χ1) is 17.4. The first-order valence-corrected chi connectivity index (χ1v) is 12.8. The number of imide groups is 1. The van der Waals surface area contributed by atoms with Crippen molar-refractivity contribution in [2.24, 2.45) is 0 Å². The SMILES string of the molecule is CC(C)(NC(=O)Nc1ccc2c(c1F)CN(C1CCC(=O)NC1=O)C2=O)c1nc2c(Cl)cc(Cl)cc2s1. The van der Waals surface area contributed by atoms with Crippen molar-refractivity contribution in [2.45, 2.75) is 44.8 Å². The lowest BCUT2D eigenvalue weighted by Crippen LogP contribution is -2.52. The van der Waals surface area contributed by atoms with Crippen LogP contribution in [-0.2, 0) is 21.7 Å². The van der Waals surface area contributed by atoms with Crippen LogP contribution in [0.5, 0.6) is 0 Å². The number of urea groups is 1. The summed E-state index contributed by atoms with van der Waals surface area (Å²) in [5.41, 5.74) is -0.307. The number of amides is 5. The van der Waals surface area contributed by atoms with Crippen LogP contribution < -0.4 is 16.0 Å². The molecular formula is C24H20Cl2FN5O4S. The van der Waals surface area contributed by atoms with E-state index in [1.165, 1.54) is 28.4 Å². The average molecular weight is 564 g/mol. The van der Waals surface area contributed by atoms with Gasteiger partial charge in [-0.1, -0.05) is 23.2 Å². The van der Waals surface area contributed by atoms with Crippen LogP contribution >= 0.6 is 34.5 Å². The summed E-state index contributed by atoms with van der Waals surface area (Å²) in [7, 11) is 0. The number of thiazole rings is 1. The molecule has 5 rings (SSSR count). The Labute approximate surface area is 224 Å². The Balaban J connectivity index is 1.32. The summed E-state index contributed by atoms with van der Waals surface area (Å²) in [4.78, 5) is 55.1. The van der Waals surface area contributed by atoms with Gasteiger partial charge in [-0.15, -0.1) is 11.3 Å². The van der Waals surface area contributed by atoms with E-state index in [2.05, 4.69) is 20.9 Å². The van der Waals surface area contributed by atoms with E-state index >= 15 is 4.39 Å². The number of benzene rings is 2. The van der Waals surface area contributed by atoms with Crippen molar-refractivity contribution < 1.29 is 23.6 Å². The van der Waals surface area contributed by atoms with E-state index < -0.39 is 41.2 Å². The normalized spacial score (nSPS) is 17.7. The fraction of sp³-hybridized carbons (Fsp3) is 0.292. The molecule has 1 aromatic heterocycles. The molecule has 1 saturated heterocycles. The molecule has 1 unspecified atom stereocenters. The molecule has 13 heteroatoms. The number of piperidine rings is 1. The van der Waals surface area contributed by atoms with E-state index in [-0.39, 0.29) is 36.2 Å². The molecule has 0 bridgehead atoms. The molecule has 3 heterocycles. The topological polar surface area (TPSA) is 120 Å². The van der Waals surface area contributed by atoms with Crippen LogP contribution in [0.15, 0.2) is 24.3 Å². The number of carbonyl (C=O) groups is 4. The van der Waals surface area contributed by atoms with Crippen molar-refractivity contribution in [3.05, 3.63) is 56.3 Å². The van der Waals surface area contributed by atoms with Crippen molar-refractivity contribution in [2.75, 3.05) is 5.32 Å². The Kier molecular flexibility index (Phi) is 6.33.